The molecule has 0 radical (unpaired) electrons. The van der Waals surface area contributed by atoms with Crippen molar-refractivity contribution in [1.29, 1.82) is 0 Å². The molecule has 0 saturated carbocycles. The molecule has 3 aromatic carbocycles. The first kappa shape index (κ1) is 35.5. The maximum Gasteiger partial charge on any atom is 0.339 e. The van der Waals surface area contributed by atoms with E-state index in [2.05, 4.69) is 46.4 Å². The van der Waals surface area contributed by atoms with Crippen molar-refractivity contribution in [3.63, 3.8) is 0 Å². The maximum absolute atomic E-state index is 11.0. The molecule has 0 amide bonds. The second-order valence-corrected chi connectivity index (χ2v) is 10.3. The normalized spacial score (nSPS) is 10.9. The Balaban J connectivity index is 0.000000176. The van der Waals surface area contributed by atoms with Crippen LogP contribution in [-0.4, -0.2) is 82.3 Å². The van der Waals surface area contributed by atoms with Crippen molar-refractivity contribution in [1.82, 2.24) is 30.0 Å². The van der Waals surface area contributed by atoms with Gasteiger partial charge in [0.25, 0.3) is 0 Å². The van der Waals surface area contributed by atoms with E-state index in [1.807, 2.05) is 0 Å². The summed E-state index contributed by atoms with van der Waals surface area (Å²) in [5, 5.41) is 42.2. The molecule has 5 aromatic rings. The summed E-state index contributed by atoms with van der Waals surface area (Å²) in [4.78, 5) is 41.2. The number of aromatic carboxylic acids is 3. The van der Waals surface area contributed by atoms with Gasteiger partial charge in [0.1, 0.15) is 23.5 Å². The summed E-state index contributed by atoms with van der Waals surface area (Å²) >= 11 is 20.3. The number of carboxylic acids is 3. The van der Waals surface area contributed by atoms with Gasteiger partial charge in [-0.3, -0.25) is 9.98 Å². The molecule has 0 saturated heterocycles. The van der Waals surface area contributed by atoms with Crippen LogP contribution in [0.25, 0.3) is 11.4 Å². The van der Waals surface area contributed by atoms with Gasteiger partial charge in [-0.05, 0) is 52.3 Å². The van der Waals surface area contributed by atoms with Crippen molar-refractivity contribution < 1.29 is 29.7 Å². The van der Waals surface area contributed by atoms with E-state index >= 15 is 0 Å². The van der Waals surface area contributed by atoms with Crippen LogP contribution in [0, 0.1) is 0 Å². The van der Waals surface area contributed by atoms with E-state index in [0.29, 0.717) is 22.5 Å². The molecule has 3 heterocycles. The number of rotatable bonds is 5. The number of benzene rings is 3. The van der Waals surface area contributed by atoms with Gasteiger partial charge in [-0.15, -0.1) is 5.10 Å². The Bertz CT molecular complexity index is 1750. The molecule has 18 heteroatoms. The Labute approximate surface area is 283 Å². The van der Waals surface area contributed by atoms with Crippen LogP contribution < -0.4 is 0 Å². The molecule has 14 nitrogen and oxygen atoms in total. The number of nitrogens with zero attached hydrogens (tertiary/aromatic N) is 8. The molecule has 0 unspecified atom stereocenters. The van der Waals surface area contributed by atoms with E-state index in [1.54, 1.807) is 55.0 Å². The number of carboxylic acid groups (broad SMARTS) is 3. The minimum Gasteiger partial charge on any atom is -0.478 e. The number of hydrogen-bond donors (Lipinski definition) is 3. The van der Waals surface area contributed by atoms with Gasteiger partial charge in [-0.1, -0.05) is 58.2 Å². The van der Waals surface area contributed by atoms with Crippen molar-refractivity contribution >= 4 is 81.1 Å². The summed E-state index contributed by atoms with van der Waals surface area (Å²) in [5.74, 6) is -3.22. The van der Waals surface area contributed by atoms with E-state index in [9.17, 15) is 14.4 Å². The standard InChI is InChI=1S/2C9H6ClN3O2.C7H4BrClO2.C3H4N2/c10-6-2-1-3-7(8(6)9(14)15)13-5-4-11-12-13;10-6-2-1-3-7(8(6)9(14)15)13-11-4-5-12-13;8-4-2-1-3-5(9)6(4)7(10)11;1-2-5-3-4-1/h2*1-5H,(H,14,15);1-3H,(H,10,11);1-2H,3H2. The first-order valence-electron chi connectivity index (χ1n) is 12.5. The third kappa shape index (κ3) is 9.77. The molecule has 3 N–H and O–H groups in total. The third-order valence-corrected chi connectivity index (χ3v) is 6.94. The molecular formula is C28H20BrCl3N8O6. The Morgan fingerprint density at radius 3 is 1.57 bits per heavy atom. The average Bonchev–Trinajstić information content (AvgIpc) is 3.83. The van der Waals surface area contributed by atoms with Crippen LogP contribution in [0.4, 0.5) is 0 Å². The number of aliphatic imine (C=N–C) groups is 2. The van der Waals surface area contributed by atoms with E-state index in [0.717, 1.165) is 0 Å². The van der Waals surface area contributed by atoms with Crippen molar-refractivity contribution in [3.8, 4) is 11.4 Å². The first-order chi connectivity index (χ1) is 22.0. The predicted octanol–water partition coefficient (Wildman–Crippen LogP) is 6.14. The van der Waals surface area contributed by atoms with Crippen LogP contribution in [-0.2, 0) is 0 Å². The quantitative estimate of drug-likeness (QED) is 0.188. The zero-order valence-corrected chi connectivity index (χ0v) is 26.9. The average molecular weight is 751 g/mol. The van der Waals surface area contributed by atoms with E-state index in [1.165, 1.54) is 46.3 Å². The van der Waals surface area contributed by atoms with E-state index in [4.69, 9.17) is 50.1 Å². The van der Waals surface area contributed by atoms with Gasteiger partial charge in [0.05, 0.1) is 51.1 Å². The highest BCUT2D eigenvalue weighted by Crippen LogP contribution is 2.25. The number of aromatic nitrogens is 6. The van der Waals surface area contributed by atoms with Crippen LogP contribution in [0.15, 0.2) is 93.8 Å². The van der Waals surface area contributed by atoms with Crippen LogP contribution in [0.2, 0.25) is 15.1 Å². The van der Waals surface area contributed by atoms with Crippen LogP contribution in [0.5, 0.6) is 0 Å². The van der Waals surface area contributed by atoms with E-state index in [-0.39, 0.29) is 31.8 Å². The number of carbonyl (C=O) groups is 3. The van der Waals surface area contributed by atoms with Crippen LogP contribution in [0.1, 0.15) is 31.1 Å². The predicted molar refractivity (Wildman–Crippen MR) is 175 cm³/mol. The monoisotopic (exact) mass is 748 g/mol. The van der Waals surface area contributed by atoms with Gasteiger partial charge in [0, 0.05) is 16.9 Å². The van der Waals surface area contributed by atoms with E-state index < -0.39 is 17.9 Å². The van der Waals surface area contributed by atoms with Crippen molar-refractivity contribution in [2.45, 2.75) is 0 Å². The summed E-state index contributed by atoms with van der Waals surface area (Å²) in [6, 6.07) is 14.4. The summed E-state index contributed by atoms with van der Waals surface area (Å²) in [5.41, 5.74) is 0.863. The highest BCUT2D eigenvalue weighted by molar-refractivity contribution is 9.10. The van der Waals surface area contributed by atoms with Crippen molar-refractivity contribution in [2.24, 2.45) is 9.98 Å². The first-order valence-corrected chi connectivity index (χ1v) is 14.4. The molecule has 46 heavy (non-hydrogen) atoms. The van der Waals surface area contributed by atoms with Crippen LogP contribution in [0.3, 0.4) is 0 Å². The molecule has 0 atom stereocenters. The Morgan fingerprint density at radius 2 is 1.15 bits per heavy atom. The zero-order valence-electron chi connectivity index (χ0n) is 23.0. The Hall–Kier alpha value is -4.96. The molecule has 6 rings (SSSR count). The molecule has 1 aliphatic rings. The van der Waals surface area contributed by atoms with Gasteiger partial charge in [-0.25, -0.2) is 19.1 Å². The summed E-state index contributed by atoms with van der Waals surface area (Å²) < 4.78 is 1.85. The number of hydrogen-bond acceptors (Lipinski definition) is 9. The second kappa shape index (κ2) is 17.5. The molecule has 0 aliphatic carbocycles. The fraction of sp³-hybridized carbons (Fsp3) is 0.0357. The summed E-state index contributed by atoms with van der Waals surface area (Å²) in [7, 11) is 0. The third-order valence-electron chi connectivity index (χ3n) is 5.33. The minimum atomic E-state index is -1.10. The van der Waals surface area contributed by atoms with Gasteiger partial charge in [0.2, 0.25) is 0 Å². The fourth-order valence-electron chi connectivity index (χ4n) is 3.42. The molecule has 0 fully saturated rings. The lowest BCUT2D eigenvalue weighted by Crippen LogP contribution is -2.08. The van der Waals surface area contributed by atoms with Gasteiger partial charge in [-0.2, -0.15) is 15.0 Å². The topological polar surface area (TPSA) is 198 Å². The summed E-state index contributed by atoms with van der Waals surface area (Å²) in [6.07, 6.45) is 9.34. The molecule has 236 valence electrons. The lowest BCUT2D eigenvalue weighted by Gasteiger charge is -2.06. The van der Waals surface area contributed by atoms with Crippen molar-refractivity contribution in [2.75, 3.05) is 6.67 Å². The Kier molecular flexibility index (Phi) is 13.5. The molecular weight excluding hydrogens is 731 g/mol. The van der Waals surface area contributed by atoms with Gasteiger partial charge in [0.15, 0.2) is 0 Å². The number of halogens is 4. The van der Waals surface area contributed by atoms with Gasteiger partial charge < -0.3 is 15.3 Å². The highest BCUT2D eigenvalue weighted by Gasteiger charge is 2.17. The molecule has 0 spiro atoms. The lowest BCUT2D eigenvalue weighted by molar-refractivity contribution is 0.0685. The molecule has 0 bridgehead atoms. The lowest BCUT2D eigenvalue weighted by atomic mass is 10.2. The maximum atomic E-state index is 11.0. The largest absolute Gasteiger partial charge is 0.478 e. The zero-order chi connectivity index (χ0) is 33.6. The van der Waals surface area contributed by atoms with Crippen LogP contribution >= 0.6 is 50.7 Å². The minimum absolute atomic E-state index is 0.00429. The van der Waals surface area contributed by atoms with Gasteiger partial charge >= 0.3 is 17.9 Å². The highest BCUT2D eigenvalue weighted by atomic mass is 79.9. The second-order valence-electron chi connectivity index (χ2n) is 8.25. The smallest absolute Gasteiger partial charge is 0.339 e. The molecule has 2 aromatic heterocycles. The molecule has 1 aliphatic heterocycles. The SMILES string of the molecule is C1=NCN=C1.O=C(O)c1c(Cl)cccc1-n1ccnn1.O=C(O)c1c(Cl)cccc1-n1nccn1.O=C(O)c1c(Cl)cccc1Br. The fourth-order valence-corrected chi connectivity index (χ4v) is 4.83. The van der Waals surface area contributed by atoms with Crippen molar-refractivity contribution in [3.05, 3.63) is 116 Å². The summed E-state index contributed by atoms with van der Waals surface area (Å²) in [6.45, 7) is 0.639. The Morgan fingerprint density at radius 1 is 0.674 bits per heavy atom.